The number of hydrogen-bond donors (Lipinski definition) is 1. The molecule has 0 saturated heterocycles. The summed E-state index contributed by atoms with van der Waals surface area (Å²) in [7, 11) is 0. The maximum Gasteiger partial charge on any atom is 0.0697 e. The van der Waals surface area contributed by atoms with Crippen molar-refractivity contribution in [1.29, 1.82) is 0 Å². The SMILES string of the molecule is C=C.C=C.C=C.CCOCCO. The van der Waals surface area contributed by atoms with Gasteiger partial charge in [0, 0.05) is 6.61 Å². The summed E-state index contributed by atoms with van der Waals surface area (Å²) in [6.07, 6.45) is 0. The minimum atomic E-state index is 0.133. The van der Waals surface area contributed by atoms with Crippen molar-refractivity contribution in [2.45, 2.75) is 6.92 Å². The van der Waals surface area contributed by atoms with Crippen molar-refractivity contribution in [3.63, 3.8) is 0 Å². The molecule has 2 heteroatoms. The molecule has 0 aromatic heterocycles. The first-order valence-electron chi connectivity index (χ1n) is 3.60. The number of ether oxygens (including phenoxy) is 1. The van der Waals surface area contributed by atoms with Gasteiger partial charge in [-0.25, -0.2) is 0 Å². The second-order valence-corrected chi connectivity index (χ2v) is 0.921. The molecule has 0 aromatic carbocycles. The molecule has 0 bridgehead atoms. The van der Waals surface area contributed by atoms with Gasteiger partial charge >= 0.3 is 0 Å². The highest BCUT2D eigenvalue weighted by Crippen LogP contribution is 1.66. The lowest BCUT2D eigenvalue weighted by atomic mass is 10.8. The molecular formula is C10H22O2. The minimum absolute atomic E-state index is 0.133. The van der Waals surface area contributed by atoms with Crippen LogP contribution in [-0.4, -0.2) is 24.9 Å². The van der Waals surface area contributed by atoms with Crippen LogP contribution >= 0.6 is 0 Å². The van der Waals surface area contributed by atoms with E-state index in [9.17, 15) is 0 Å². The summed E-state index contributed by atoms with van der Waals surface area (Å²) < 4.78 is 4.73. The van der Waals surface area contributed by atoms with Gasteiger partial charge in [-0.1, -0.05) is 0 Å². The van der Waals surface area contributed by atoms with E-state index in [1.54, 1.807) is 0 Å². The Morgan fingerprint density at radius 1 is 1.00 bits per heavy atom. The van der Waals surface area contributed by atoms with Crippen molar-refractivity contribution in [3.8, 4) is 0 Å². The van der Waals surface area contributed by atoms with Crippen molar-refractivity contribution in [2.24, 2.45) is 0 Å². The minimum Gasteiger partial charge on any atom is -0.394 e. The van der Waals surface area contributed by atoms with Gasteiger partial charge in [-0.05, 0) is 6.92 Å². The van der Waals surface area contributed by atoms with Crippen LogP contribution in [0.25, 0.3) is 0 Å². The van der Waals surface area contributed by atoms with Gasteiger partial charge in [-0.2, -0.15) is 0 Å². The maximum atomic E-state index is 8.07. The zero-order valence-corrected chi connectivity index (χ0v) is 8.22. The Morgan fingerprint density at radius 3 is 1.42 bits per heavy atom. The Bertz CT molecular complexity index is 38.3. The molecule has 0 aliphatic carbocycles. The summed E-state index contributed by atoms with van der Waals surface area (Å²) in [6, 6.07) is 0. The molecule has 0 heterocycles. The molecule has 0 rings (SSSR count). The van der Waals surface area contributed by atoms with Gasteiger partial charge in [0.05, 0.1) is 13.2 Å². The fourth-order valence-corrected chi connectivity index (χ4v) is 0.209. The van der Waals surface area contributed by atoms with Crippen LogP contribution in [-0.2, 0) is 4.74 Å². The van der Waals surface area contributed by atoms with E-state index in [0.29, 0.717) is 13.2 Å². The van der Waals surface area contributed by atoms with Gasteiger partial charge in [0.1, 0.15) is 0 Å². The standard InChI is InChI=1S/C4H10O2.3C2H4/c1-2-6-4-3-5;3*1-2/h5H,2-4H2,1H3;3*1-2H2. The predicted octanol–water partition coefficient (Wildman–Crippen LogP) is 2.42. The predicted molar refractivity (Wildman–Crippen MR) is 57.3 cm³/mol. The lowest BCUT2D eigenvalue weighted by Gasteiger charge is -1.91. The summed E-state index contributed by atoms with van der Waals surface area (Å²) in [4.78, 5) is 0. The fraction of sp³-hybridized carbons (Fsp3) is 0.400. The smallest absolute Gasteiger partial charge is 0.0697 e. The summed E-state index contributed by atoms with van der Waals surface area (Å²) in [5, 5.41) is 8.07. The molecule has 0 atom stereocenters. The van der Waals surface area contributed by atoms with Gasteiger partial charge in [-0.15, -0.1) is 39.5 Å². The van der Waals surface area contributed by atoms with Crippen molar-refractivity contribution in [2.75, 3.05) is 19.8 Å². The summed E-state index contributed by atoms with van der Waals surface area (Å²) >= 11 is 0. The van der Waals surface area contributed by atoms with Gasteiger partial charge in [0.15, 0.2) is 0 Å². The van der Waals surface area contributed by atoms with E-state index in [2.05, 4.69) is 39.5 Å². The second kappa shape index (κ2) is 85.9. The van der Waals surface area contributed by atoms with Crippen molar-refractivity contribution in [1.82, 2.24) is 0 Å². The quantitative estimate of drug-likeness (QED) is 0.526. The zero-order valence-electron chi connectivity index (χ0n) is 8.22. The van der Waals surface area contributed by atoms with Crippen LogP contribution in [0.1, 0.15) is 6.92 Å². The molecule has 0 aliphatic rings. The summed E-state index contributed by atoms with van der Waals surface area (Å²) in [5.41, 5.74) is 0. The monoisotopic (exact) mass is 174 g/mol. The van der Waals surface area contributed by atoms with E-state index in [1.807, 2.05) is 6.92 Å². The number of aliphatic hydroxyl groups excluding tert-OH is 1. The zero-order chi connectivity index (χ0) is 10.8. The lowest BCUT2D eigenvalue weighted by Crippen LogP contribution is -1.96. The van der Waals surface area contributed by atoms with Gasteiger partial charge in [0.25, 0.3) is 0 Å². The van der Waals surface area contributed by atoms with E-state index >= 15 is 0 Å². The molecule has 12 heavy (non-hydrogen) atoms. The first-order chi connectivity index (χ1) is 5.91. The number of rotatable bonds is 3. The summed E-state index contributed by atoms with van der Waals surface area (Å²) in [6.45, 7) is 21.2. The first kappa shape index (κ1) is 22.5. The first-order valence-corrected chi connectivity index (χ1v) is 3.60. The Hall–Kier alpha value is -0.860. The molecule has 0 aliphatic heterocycles. The highest BCUT2D eigenvalue weighted by Gasteiger charge is 1.73. The largest absolute Gasteiger partial charge is 0.394 e. The van der Waals surface area contributed by atoms with Crippen molar-refractivity contribution in [3.05, 3.63) is 39.5 Å². The maximum absolute atomic E-state index is 8.07. The Labute approximate surface area is 76.9 Å². The molecule has 1 N–H and O–H groups in total. The van der Waals surface area contributed by atoms with Crippen LogP contribution in [0.4, 0.5) is 0 Å². The molecule has 0 aromatic rings. The third-order valence-corrected chi connectivity index (χ3v) is 0.440. The molecule has 74 valence electrons. The van der Waals surface area contributed by atoms with Crippen LogP contribution in [0.2, 0.25) is 0 Å². The normalized spacial score (nSPS) is 5.50. The molecule has 0 saturated carbocycles. The van der Waals surface area contributed by atoms with E-state index in [1.165, 1.54) is 0 Å². The number of aliphatic hydroxyl groups is 1. The van der Waals surface area contributed by atoms with E-state index in [4.69, 9.17) is 9.84 Å². The molecular weight excluding hydrogens is 152 g/mol. The molecule has 0 radical (unpaired) electrons. The highest BCUT2D eigenvalue weighted by atomic mass is 16.5. The van der Waals surface area contributed by atoms with Crippen molar-refractivity contribution >= 4 is 0 Å². The molecule has 0 fully saturated rings. The average molecular weight is 174 g/mol. The highest BCUT2D eigenvalue weighted by molar-refractivity contribution is 4.22. The Kier molecular flexibility index (Phi) is 161. The van der Waals surface area contributed by atoms with Crippen LogP contribution in [0.5, 0.6) is 0 Å². The van der Waals surface area contributed by atoms with Gasteiger partial charge < -0.3 is 9.84 Å². The van der Waals surface area contributed by atoms with Crippen LogP contribution in [0.15, 0.2) is 39.5 Å². The third kappa shape index (κ3) is 132. The molecule has 0 amide bonds. The lowest BCUT2D eigenvalue weighted by molar-refractivity contribution is 0.102. The van der Waals surface area contributed by atoms with Gasteiger partial charge in [-0.3, -0.25) is 0 Å². The Balaban J connectivity index is -0.0000000453. The van der Waals surface area contributed by atoms with Gasteiger partial charge in [0.2, 0.25) is 0 Å². The van der Waals surface area contributed by atoms with Crippen LogP contribution < -0.4 is 0 Å². The Morgan fingerprint density at radius 2 is 1.33 bits per heavy atom. The van der Waals surface area contributed by atoms with Crippen LogP contribution in [0.3, 0.4) is 0 Å². The van der Waals surface area contributed by atoms with E-state index in [0.717, 1.165) is 0 Å². The molecule has 0 unspecified atom stereocenters. The molecule has 2 nitrogen and oxygen atoms in total. The molecule has 0 spiro atoms. The third-order valence-electron chi connectivity index (χ3n) is 0.440. The van der Waals surface area contributed by atoms with Crippen LogP contribution in [0, 0.1) is 0 Å². The van der Waals surface area contributed by atoms with Crippen molar-refractivity contribution < 1.29 is 9.84 Å². The second-order valence-electron chi connectivity index (χ2n) is 0.921. The fourth-order valence-electron chi connectivity index (χ4n) is 0.209. The average Bonchev–Trinajstić information content (AvgIpc) is 2.24. The topological polar surface area (TPSA) is 29.5 Å². The van der Waals surface area contributed by atoms with E-state index < -0.39 is 0 Å². The van der Waals surface area contributed by atoms with E-state index in [-0.39, 0.29) is 6.61 Å². The number of hydrogen-bond acceptors (Lipinski definition) is 2. The summed E-state index contributed by atoms with van der Waals surface area (Å²) in [5.74, 6) is 0.